The first-order valence-corrected chi connectivity index (χ1v) is 12.6. The zero-order valence-electron chi connectivity index (χ0n) is 18.9. The molecule has 0 bridgehead atoms. The zero-order valence-corrected chi connectivity index (χ0v) is 19.7. The second-order valence-corrected chi connectivity index (χ2v) is 11.0. The Kier molecular flexibility index (Phi) is 6.66. The number of likely N-dealkylation sites (N-methyl/N-ethyl adjacent to an activating group) is 1. The summed E-state index contributed by atoms with van der Waals surface area (Å²) in [6, 6.07) is 14.8. The first-order valence-electron chi connectivity index (χ1n) is 11.0. The molecule has 0 aromatic heterocycles. The van der Waals surface area contributed by atoms with Crippen molar-refractivity contribution in [1.82, 2.24) is 9.80 Å². The number of nitrogens with zero attached hydrogens (tertiary/aromatic N) is 4. The minimum atomic E-state index is -2.83. The summed E-state index contributed by atoms with van der Waals surface area (Å²) in [4.78, 5) is 17.2. The Morgan fingerprint density at radius 1 is 1.30 bits per heavy atom. The minimum Gasteiger partial charge on any atom is -0.392 e. The summed E-state index contributed by atoms with van der Waals surface area (Å²) >= 11 is 0. The van der Waals surface area contributed by atoms with Gasteiger partial charge in [-0.05, 0) is 41.3 Å². The van der Waals surface area contributed by atoms with E-state index in [0.29, 0.717) is 25.1 Å². The van der Waals surface area contributed by atoms with Crippen molar-refractivity contribution < 1.29 is 19.0 Å². The summed E-state index contributed by atoms with van der Waals surface area (Å²) in [6.45, 7) is 1.91. The topological polar surface area (TPSA) is 111 Å². The average Bonchev–Trinajstić information content (AvgIpc) is 3.31. The van der Waals surface area contributed by atoms with E-state index in [4.69, 9.17) is 0 Å². The molecular weight excluding hydrogens is 440 g/mol. The number of fused-ring (bicyclic) bond motifs is 1. The van der Waals surface area contributed by atoms with Crippen LogP contribution in [0.5, 0.6) is 0 Å². The molecule has 0 saturated carbocycles. The highest BCUT2D eigenvalue weighted by molar-refractivity contribution is 8.25. The van der Waals surface area contributed by atoms with Gasteiger partial charge in [0, 0.05) is 33.7 Å². The minimum absolute atomic E-state index is 0.0747. The molecule has 9 heteroatoms. The molecular formula is C24H30N4O4S. The highest BCUT2D eigenvalue weighted by atomic mass is 32.3. The first kappa shape index (κ1) is 23.5. The van der Waals surface area contributed by atoms with Gasteiger partial charge in [0.2, 0.25) is 5.91 Å². The molecule has 8 nitrogen and oxygen atoms in total. The van der Waals surface area contributed by atoms with Crippen LogP contribution in [0.4, 0.5) is 5.69 Å². The molecule has 2 heterocycles. The largest absolute Gasteiger partial charge is 0.392 e. The zero-order chi connectivity index (χ0) is 23.8. The fourth-order valence-electron chi connectivity index (χ4n) is 4.56. The molecule has 176 valence electrons. The van der Waals surface area contributed by atoms with E-state index in [1.54, 1.807) is 25.1 Å². The Hall–Kier alpha value is -2.61. The van der Waals surface area contributed by atoms with Gasteiger partial charge in [0.05, 0.1) is 41.6 Å². The number of carbonyl (C=O) groups is 1. The van der Waals surface area contributed by atoms with Crippen LogP contribution in [0.25, 0.3) is 0 Å². The third kappa shape index (κ3) is 5.00. The average molecular weight is 471 g/mol. The second kappa shape index (κ2) is 9.33. The maximum Gasteiger partial charge on any atom is 0.227 e. The Morgan fingerprint density at radius 2 is 2.09 bits per heavy atom. The van der Waals surface area contributed by atoms with Crippen molar-refractivity contribution in [3.8, 4) is 6.07 Å². The molecule has 2 aliphatic rings. The van der Waals surface area contributed by atoms with Crippen molar-refractivity contribution in [2.75, 3.05) is 38.0 Å². The standard InChI is InChI=1S/C24H30N4O4S/c1-26(24(30)12-17-6-7-20-16-33(31,32)27(2)22(20)11-17)23(15-28-9-8-21(29)14-28)19-5-3-4-18(10-19)13-25/h3-7,10-11,21,23,29,31-32H,8-9,12,14-16H2,1-2H3/t21-,23+/m0/s1. The number of benzene rings is 2. The summed E-state index contributed by atoms with van der Waals surface area (Å²) in [5, 5.41) is 19.3. The molecule has 0 aliphatic carbocycles. The molecule has 2 atom stereocenters. The summed E-state index contributed by atoms with van der Waals surface area (Å²) in [5.74, 6) is 0.126. The number of aliphatic hydroxyl groups excluding tert-OH is 1. The summed E-state index contributed by atoms with van der Waals surface area (Å²) in [7, 11) is 0.593. The Morgan fingerprint density at radius 3 is 2.79 bits per heavy atom. The summed E-state index contributed by atoms with van der Waals surface area (Å²) in [6.07, 6.45) is 0.533. The molecule has 4 rings (SSSR count). The lowest BCUT2D eigenvalue weighted by Gasteiger charge is -2.35. The molecule has 3 N–H and O–H groups in total. The van der Waals surface area contributed by atoms with E-state index in [9.17, 15) is 24.3 Å². The molecule has 33 heavy (non-hydrogen) atoms. The number of rotatable bonds is 6. The highest BCUT2D eigenvalue weighted by Gasteiger charge is 2.32. The van der Waals surface area contributed by atoms with Crippen LogP contribution in [-0.4, -0.2) is 69.8 Å². The normalized spacial score (nSPS) is 21.3. The molecule has 0 radical (unpaired) electrons. The van der Waals surface area contributed by atoms with Gasteiger partial charge >= 0.3 is 0 Å². The third-order valence-electron chi connectivity index (χ3n) is 6.57. The molecule has 2 aliphatic heterocycles. The number of β-amino-alcohol motifs (C(OH)–C–C–N with tert-alkyl or cyclic N) is 1. The molecule has 0 unspecified atom stereocenters. The van der Waals surface area contributed by atoms with Crippen LogP contribution in [0.15, 0.2) is 42.5 Å². The van der Waals surface area contributed by atoms with E-state index < -0.39 is 10.8 Å². The predicted octanol–water partition coefficient (Wildman–Crippen LogP) is 2.98. The lowest BCUT2D eigenvalue weighted by molar-refractivity contribution is -0.131. The number of hydrogen-bond donors (Lipinski definition) is 3. The number of amides is 1. The van der Waals surface area contributed by atoms with Crippen LogP contribution in [0.2, 0.25) is 0 Å². The first-order chi connectivity index (χ1) is 15.7. The van der Waals surface area contributed by atoms with Crippen LogP contribution in [0, 0.1) is 11.3 Å². The number of anilines is 1. The van der Waals surface area contributed by atoms with Crippen molar-refractivity contribution in [3.63, 3.8) is 0 Å². The summed E-state index contributed by atoms with van der Waals surface area (Å²) in [5.41, 5.74) is 3.83. The van der Waals surface area contributed by atoms with E-state index in [0.717, 1.165) is 28.9 Å². The van der Waals surface area contributed by atoms with Gasteiger partial charge in [-0.3, -0.25) is 23.1 Å². The molecule has 0 spiro atoms. The van der Waals surface area contributed by atoms with Crippen molar-refractivity contribution in [2.24, 2.45) is 0 Å². The van der Waals surface area contributed by atoms with E-state index in [-0.39, 0.29) is 30.2 Å². The van der Waals surface area contributed by atoms with Gasteiger partial charge in [-0.15, -0.1) is 10.8 Å². The van der Waals surface area contributed by atoms with Crippen molar-refractivity contribution >= 4 is 22.4 Å². The Bertz CT molecular complexity index is 1090. The third-order valence-corrected chi connectivity index (χ3v) is 8.34. The number of nitriles is 1. The van der Waals surface area contributed by atoms with Crippen LogP contribution in [0.1, 0.15) is 34.7 Å². The predicted molar refractivity (Wildman–Crippen MR) is 129 cm³/mol. The number of hydrogen-bond acceptors (Lipinski definition) is 7. The highest BCUT2D eigenvalue weighted by Crippen LogP contribution is 2.55. The molecule has 1 saturated heterocycles. The number of likely N-dealkylation sites (tertiary alicyclic amines) is 1. The van der Waals surface area contributed by atoms with E-state index in [1.165, 1.54) is 4.31 Å². The fourth-order valence-corrected chi connectivity index (χ4v) is 5.90. The summed E-state index contributed by atoms with van der Waals surface area (Å²) < 4.78 is 21.9. The van der Waals surface area contributed by atoms with Gasteiger partial charge in [-0.2, -0.15) is 5.26 Å². The Balaban J connectivity index is 1.54. The van der Waals surface area contributed by atoms with Crippen LogP contribution >= 0.6 is 10.8 Å². The smallest absolute Gasteiger partial charge is 0.227 e. The quantitative estimate of drug-likeness (QED) is 0.595. The number of aliphatic hydroxyl groups is 1. The van der Waals surface area contributed by atoms with Gasteiger partial charge < -0.3 is 10.0 Å². The van der Waals surface area contributed by atoms with Gasteiger partial charge in [0.1, 0.15) is 0 Å². The van der Waals surface area contributed by atoms with E-state index in [2.05, 4.69) is 11.0 Å². The molecule has 1 amide bonds. The van der Waals surface area contributed by atoms with Gasteiger partial charge in [-0.25, -0.2) is 0 Å². The molecule has 1 fully saturated rings. The maximum atomic E-state index is 13.3. The van der Waals surface area contributed by atoms with Crippen LogP contribution < -0.4 is 4.31 Å². The van der Waals surface area contributed by atoms with Crippen molar-refractivity contribution in [2.45, 2.75) is 30.7 Å². The fraction of sp³-hybridized carbons (Fsp3) is 0.417. The van der Waals surface area contributed by atoms with Crippen molar-refractivity contribution in [3.05, 3.63) is 64.7 Å². The monoisotopic (exact) mass is 470 g/mol. The second-order valence-electron chi connectivity index (χ2n) is 8.87. The van der Waals surface area contributed by atoms with Gasteiger partial charge in [-0.1, -0.05) is 24.3 Å². The Labute approximate surface area is 196 Å². The van der Waals surface area contributed by atoms with Gasteiger partial charge in [0.15, 0.2) is 0 Å². The maximum absolute atomic E-state index is 13.3. The van der Waals surface area contributed by atoms with Crippen LogP contribution in [-0.2, 0) is 17.0 Å². The van der Waals surface area contributed by atoms with Crippen molar-refractivity contribution in [1.29, 1.82) is 5.26 Å². The van der Waals surface area contributed by atoms with E-state index >= 15 is 0 Å². The lowest BCUT2D eigenvalue weighted by Crippen LogP contribution is -2.39. The van der Waals surface area contributed by atoms with Crippen LogP contribution in [0.3, 0.4) is 0 Å². The molecule has 2 aromatic rings. The lowest BCUT2D eigenvalue weighted by atomic mass is 10.0. The molecule has 2 aromatic carbocycles. The SMILES string of the molecule is CN(C(=O)Cc1ccc2c(c1)N(C)S(O)(O)C2)[C@H](CN1CC[C@H](O)C1)c1cccc(C#N)c1. The van der Waals surface area contributed by atoms with Gasteiger partial charge in [0.25, 0.3) is 0 Å². The number of carbonyl (C=O) groups excluding carboxylic acids is 1. The van der Waals surface area contributed by atoms with E-state index in [1.807, 2.05) is 36.4 Å².